The Balaban J connectivity index is 1.90. The van der Waals surface area contributed by atoms with Crippen LogP contribution in [0.5, 0.6) is 0 Å². The molecule has 0 saturated carbocycles. The Morgan fingerprint density at radius 1 is 0.750 bits per heavy atom. The first kappa shape index (κ1) is 21.9. The first-order valence-electron chi connectivity index (χ1n) is 10.8. The number of carbonyl (C=O) groups excluding carboxylic acids is 1. The SMILES string of the molecule is CCOC(=O)c1ccc(C[PH](c2ccccc2)(c2ccccc2)c2ccccc2)c(F)c1. The van der Waals surface area contributed by atoms with E-state index >= 15 is 4.39 Å². The zero-order valence-electron chi connectivity index (χ0n) is 18.0. The van der Waals surface area contributed by atoms with Gasteiger partial charge in [0.25, 0.3) is 0 Å². The van der Waals surface area contributed by atoms with Gasteiger partial charge in [0.15, 0.2) is 0 Å². The molecular formula is C28H26FO2P. The fourth-order valence-corrected chi connectivity index (χ4v) is 9.05. The third-order valence-corrected chi connectivity index (χ3v) is 10.7. The van der Waals surface area contributed by atoms with Crippen LogP contribution < -0.4 is 15.9 Å². The number of ether oxygens (including phenoxy) is 1. The summed E-state index contributed by atoms with van der Waals surface area (Å²) in [6.07, 6.45) is 0.542. The number of esters is 1. The van der Waals surface area contributed by atoms with Crippen molar-refractivity contribution in [3.8, 4) is 0 Å². The number of hydrogen-bond donors (Lipinski definition) is 0. The van der Waals surface area contributed by atoms with Crippen molar-refractivity contribution < 1.29 is 13.9 Å². The molecule has 162 valence electrons. The van der Waals surface area contributed by atoms with Crippen molar-refractivity contribution in [3.05, 3.63) is 126 Å². The maximum absolute atomic E-state index is 15.3. The maximum atomic E-state index is 15.3. The summed E-state index contributed by atoms with van der Waals surface area (Å²) in [5.74, 6) is -0.883. The molecule has 0 unspecified atom stereocenters. The van der Waals surface area contributed by atoms with Crippen LogP contribution >= 0.6 is 7.26 Å². The summed E-state index contributed by atoms with van der Waals surface area (Å²) in [6, 6.07) is 35.9. The van der Waals surface area contributed by atoms with Gasteiger partial charge in [-0.1, -0.05) is 0 Å². The van der Waals surface area contributed by atoms with Crippen molar-refractivity contribution in [3.63, 3.8) is 0 Å². The average Bonchev–Trinajstić information content (AvgIpc) is 2.85. The number of rotatable bonds is 7. The van der Waals surface area contributed by atoms with Crippen LogP contribution in [-0.2, 0) is 10.9 Å². The summed E-state index contributed by atoms with van der Waals surface area (Å²) in [6.45, 7) is 2.00. The van der Waals surface area contributed by atoms with E-state index in [0.29, 0.717) is 11.7 Å². The molecule has 0 aliphatic heterocycles. The summed E-state index contributed by atoms with van der Waals surface area (Å²) < 4.78 is 20.4. The predicted molar refractivity (Wildman–Crippen MR) is 133 cm³/mol. The molecule has 0 bridgehead atoms. The fraction of sp³-hybridized carbons (Fsp3) is 0.107. The van der Waals surface area contributed by atoms with Gasteiger partial charge in [-0.3, -0.25) is 0 Å². The third-order valence-electron chi connectivity index (χ3n) is 5.82. The molecule has 2 nitrogen and oxygen atoms in total. The Morgan fingerprint density at radius 3 is 1.62 bits per heavy atom. The van der Waals surface area contributed by atoms with Crippen LogP contribution in [0.4, 0.5) is 4.39 Å². The second-order valence-corrected chi connectivity index (χ2v) is 11.6. The van der Waals surface area contributed by atoms with E-state index < -0.39 is 13.2 Å². The van der Waals surface area contributed by atoms with E-state index in [2.05, 4.69) is 36.4 Å². The van der Waals surface area contributed by atoms with Crippen molar-refractivity contribution >= 4 is 29.1 Å². The summed E-state index contributed by atoms with van der Waals surface area (Å²) >= 11 is 0. The molecule has 0 heterocycles. The Bertz CT molecular complexity index is 1080. The minimum atomic E-state index is -2.61. The Labute approximate surface area is 189 Å². The summed E-state index contributed by atoms with van der Waals surface area (Å²) in [4.78, 5) is 12.1. The van der Waals surface area contributed by atoms with Crippen LogP contribution in [0, 0.1) is 5.82 Å². The van der Waals surface area contributed by atoms with Crippen molar-refractivity contribution in [1.29, 1.82) is 0 Å². The molecule has 0 amide bonds. The van der Waals surface area contributed by atoms with E-state index in [4.69, 9.17) is 4.74 Å². The molecule has 4 aromatic carbocycles. The summed E-state index contributed by atoms with van der Waals surface area (Å²) in [5, 5.41) is 3.64. The van der Waals surface area contributed by atoms with Crippen LogP contribution in [0.2, 0.25) is 0 Å². The summed E-state index contributed by atoms with van der Waals surface area (Å²) in [7, 11) is -2.61. The molecule has 0 radical (unpaired) electrons. The molecule has 4 heteroatoms. The van der Waals surface area contributed by atoms with E-state index in [1.54, 1.807) is 19.1 Å². The monoisotopic (exact) mass is 444 g/mol. The Kier molecular flexibility index (Phi) is 6.78. The van der Waals surface area contributed by atoms with Crippen LogP contribution in [0.25, 0.3) is 0 Å². The fourth-order valence-electron chi connectivity index (χ4n) is 4.29. The first-order chi connectivity index (χ1) is 15.6. The predicted octanol–water partition coefficient (Wildman–Crippen LogP) is 5.23. The van der Waals surface area contributed by atoms with Crippen LogP contribution in [0.3, 0.4) is 0 Å². The Morgan fingerprint density at radius 2 is 1.22 bits per heavy atom. The molecule has 0 fully saturated rings. The molecular weight excluding hydrogens is 418 g/mol. The first-order valence-corrected chi connectivity index (χ1v) is 13.0. The van der Waals surface area contributed by atoms with E-state index in [1.807, 2.05) is 54.6 Å². The molecule has 0 spiro atoms. The van der Waals surface area contributed by atoms with Gasteiger partial charge in [-0.05, 0) is 0 Å². The van der Waals surface area contributed by atoms with Gasteiger partial charge in [0, 0.05) is 0 Å². The van der Waals surface area contributed by atoms with E-state index in [0.717, 1.165) is 0 Å². The topological polar surface area (TPSA) is 26.3 Å². The third kappa shape index (κ3) is 4.35. The average molecular weight is 444 g/mol. The van der Waals surface area contributed by atoms with Gasteiger partial charge in [-0.15, -0.1) is 0 Å². The molecule has 0 aromatic heterocycles. The van der Waals surface area contributed by atoms with Gasteiger partial charge in [0.05, 0.1) is 0 Å². The van der Waals surface area contributed by atoms with Gasteiger partial charge in [0.1, 0.15) is 0 Å². The van der Waals surface area contributed by atoms with Gasteiger partial charge in [-0.2, -0.15) is 0 Å². The van der Waals surface area contributed by atoms with Gasteiger partial charge in [0.2, 0.25) is 0 Å². The quantitative estimate of drug-likeness (QED) is 0.288. The number of halogens is 1. The second-order valence-electron chi connectivity index (χ2n) is 7.71. The molecule has 32 heavy (non-hydrogen) atoms. The number of benzene rings is 4. The van der Waals surface area contributed by atoms with Crippen molar-refractivity contribution in [2.75, 3.05) is 6.61 Å². The van der Waals surface area contributed by atoms with Crippen molar-refractivity contribution in [2.45, 2.75) is 13.1 Å². The molecule has 0 aliphatic rings. The van der Waals surface area contributed by atoms with Gasteiger partial charge >= 0.3 is 189 Å². The number of carbonyl (C=O) groups is 1. The summed E-state index contributed by atoms with van der Waals surface area (Å²) in [5.41, 5.74) is 0.834. The number of hydrogen-bond acceptors (Lipinski definition) is 2. The molecule has 4 rings (SSSR count). The molecule has 0 atom stereocenters. The Hall–Kier alpha value is -3.29. The van der Waals surface area contributed by atoms with E-state index in [9.17, 15) is 4.79 Å². The zero-order valence-corrected chi connectivity index (χ0v) is 19.0. The molecule has 0 N–H and O–H groups in total. The minimum absolute atomic E-state index is 0.236. The van der Waals surface area contributed by atoms with Crippen LogP contribution in [0.1, 0.15) is 22.8 Å². The van der Waals surface area contributed by atoms with Gasteiger partial charge in [-0.25, -0.2) is 0 Å². The van der Waals surface area contributed by atoms with E-state index in [-0.39, 0.29) is 18.0 Å². The van der Waals surface area contributed by atoms with Crippen molar-refractivity contribution in [1.82, 2.24) is 0 Å². The van der Waals surface area contributed by atoms with E-state index in [1.165, 1.54) is 22.0 Å². The second kappa shape index (κ2) is 9.89. The van der Waals surface area contributed by atoms with Gasteiger partial charge < -0.3 is 0 Å². The molecule has 0 aliphatic carbocycles. The standard InChI is InChI=1S/C28H26FO2P/c1-2-31-28(30)22-18-19-23(27(29)20-22)21-32(24-12-6-3-7-13-24,25-14-8-4-9-15-25)26-16-10-5-11-17-26/h3-20,32H,2,21H2,1H3. The van der Waals surface area contributed by atoms with Crippen LogP contribution in [0.15, 0.2) is 109 Å². The zero-order chi connectivity index (χ0) is 22.4. The molecule has 0 saturated heterocycles. The normalized spacial score (nSPS) is 11.7. The molecule has 4 aromatic rings. The van der Waals surface area contributed by atoms with Crippen LogP contribution in [-0.4, -0.2) is 12.6 Å². The van der Waals surface area contributed by atoms with Crippen molar-refractivity contribution in [2.24, 2.45) is 0 Å².